The minimum absolute atomic E-state index is 0.358. The van der Waals surface area contributed by atoms with E-state index in [0.717, 1.165) is 12.4 Å². The van der Waals surface area contributed by atoms with Crippen molar-refractivity contribution in [2.75, 3.05) is 6.61 Å². The van der Waals surface area contributed by atoms with E-state index < -0.39 is 0 Å². The lowest BCUT2D eigenvalue weighted by Crippen LogP contribution is -2.06. The molecule has 1 aromatic heterocycles. The normalized spacial score (nSPS) is 20.2. The predicted molar refractivity (Wildman–Crippen MR) is 70.7 cm³/mol. The minimum Gasteiger partial charge on any atom is -0.493 e. The molecule has 0 fully saturated rings. The molecule has 0 saturated carbocycles. The molecular formula is C13H11BrOS. The Morgan fingerprint density at radius 2 is 2.12 bits per heavy atom. The van der Waals surface area contributed by atoms with E-state index in [-0.39, 0.29) is 0 Å². The summed E-state index contributed by atoms with van der Waals surface area (Å²) in [5, 5.41) is 2.12. The number of alkyl halides is 1. The van der Waals surface area contributed by atoms with Gasteiger partial charge in [0.2, 0.25) is 0 Å². The molecule has 2 unspecified atom stereocenters. The van der Waals surface area contributed by atoms with Crippen molar-refractivity contribution >= 4 is 27.3 Å². The van der Waals surface area contributed by atoms with Gasteiger partial charge in [-0.3, -0.25) is 0 Å². The van der Waals surface area contributed by atoms with Crippen molar-refractivity contribution in [1.82, 2.24) is 0 Å². The van der Waals surface area contributed by atoms with E-state index in [1.165, 1.54) is 10.4 Å². The Labute approximate surface area is 107 Å². The van der Waals surface area contributed by atoms with E-state index in [0.29, 0.717) is 10.7 Å². The van der Waals surface area contributed by atoms with Crippen LogP contribution < -0.4 is 4.74 Å². The lowest BCUT2D eigenvalue weighted by Gasteiger charge is -2.14. The maximum atomic E-state index is 5.70. The number of hydrogen-bond donors (Lipinski definition) is 0. The second-order valence-corrected chi connectivity index (χ2v) is 5.84. The van der Waals surface area contributed by atoms with Crippen LogP contribution in [0.4, 0.5) is 0 Å². The van der Waals surface area contributed by atoms with Crippen LogP contribution in [0.25, 0.3) is 0 Å². The zero-order chi connectivity index (χ0) is 11.0. The number of para-hydroxylation sites is 1. The number of ether oxygens (including phenoxy) is 1. The fourth-order valence-electron chi connectivity index (χ4n) is 2.08. The lowest BCUT2D eigenvalue weighted by atomic mass is 9.97. The van der Waals surface area contributed by atoms with Gasteiger partial charge >= 0.3 is 0 Å². The van der Waals surface area contributed by atoms with Crippen molar-refractivity contribution in [3.05, 3.63) is 52.2 Å². The summed E-state index contributed by atoms with van der Waals surface area (Å²) in [6.07, 6.45) is 0. The molecule has 16 heavy (non-hydrogen) atoms. The second kappa shape index (κ2) is 4.22. The van der Waals surface area contributed by atoms with Gasteiger partial charge in [-0.15, -0.1) is 11.3 Å². The highest BCUT2D eigenvalue weighted by Gasteiger charge is 2.30. The monoisotopic (exact) mass is 294 g/mol. The van der Waals surface area contributed by atoms with E-state index in [1.807, 2.05) is 12.1 Å². The molecule has 0 spiro atoms. The Balaban J connectivity index is 1.93. The molecule has 1 aliphatic heterocycles. The first-order valence-electron chi connectivity index (χ1n) is 5.25. The summed E-state index contributed by atoms with van der Waals surface area (Å²) in [6, 6.07) is 12.6. The third-order valence-electron chi connectivity index (χ3n) is 2.91. The summed E-state index contributed by atoms with van der Waals surface area (Å²) in [5.74, 6) is 1.46. The van der Waals surface area contributed by atoms with Gasteiger partial charge in [0.1, 0.15) is 5.75 Å². The van der Waals surface area contributed by atoms with Crippen LogP contribution in [0.3, 0.4) is 0 Å². The molecule has 0 aliphatic carbocycles. The van der Waals surface area contributed by atoms with E-state index >= 15 is 0 Å². The highest BCUT2D eigenvalue weighted by molar-refractivity contribution is 9.09. The van der Waals surface area contributed by atoms with Gasteiger partial charge in [-0.05, 0) is 17.5 Å². The summed E-state index contributed by atoms with van der Waals surface area (Å²) in [4.78, 5) is 1.72. The molecule has 3 heteroatoms. The Hall–Kier alpha value is -0.800. The van der Waals surface area contributed by atoms with Crippen molar-refractivity contribution in [1.29, 1.82) is 0 Å². The van der Waals surface area contributed by atoms with Gasteiger partial charge in [0, 0.05) is 16.4 Å². The topological polar surface area (TPSA) is 9.23 Å². The first-order valence-corrected chi connectivity index (χ1v) is 7.05. The molecule has 2 aromatic rings. The van der Waals surface area contributed by atoms with Crippen LogP contribution in [-0.4, -0.2) is 6.61 Å². The van der Waals surface area contributed by atoms with Gasteiger partial charge < -0.3 is 4.74 Å². The molecule has 0 radical (unpaired) electrons. The maximum absolute atomic E-state index is 5.70. The van der Waals surface area contributed by atoms with Crippen molar-refractivity contribution in [3.8, 4) is 5.75 Å². The molecule has 3 rings (SSSR count). The third-order valence-corrected chi connectivity index (χ3v) is 5.29. The second-order valence-electron chi connectivity index (χ2n) is 3.87. The Bertz CT molecular complexity index is 480. The SMILES string of the molecule is BrC(c1cccs1)C1COc2ccccc21. The standard InChI is InChI=1S/C13H11BrOS/c14-13(12-6-3-7-16-12)10-8-15-11-5-2-1-4-9(10)11/h1-7,10,13H,8H2. The van der Waals surface area contributed by atoms with Crippen LogP contribution in [0.15, 0.2) is 41.8 Å². The average molecular weight is 295 g/mol. The fourth-order valence-corrected chi connectivity index (χ4v) is 3.76. The van der Waals surface area contributed by atoms with Gasteiger partial charge in [-0.25, -0.2) is 0 Å². The molecule has 2 atom stereocenters. The summed E-state index contributed by atoms with van der Waals surface area (Å²) < 4.78 is 5.70. The van der Waals surface area contributed by atoms with Crippen LogP contribution in [0, 0.1) is 0 Å². The van der Waals surface area contributed by atoms with Crippen LogP contribution in [0.5, 0.6) is 5.75 Å². The zero-order valence-corrected chi connectivity index (χ0v) is 11.0. The molecule has 0 N–H and O–H groups in total. The smallest absolute Gasteiger partial charge is 0.122 e. The molecular weight excluding hydrogens is 284 g/mol. The summed E-state index contributed by atoms with van der Waals surface area (Å²) in [5.41, 5.74) is 1.32. The average Bonchev–Trinajstić information content (AvgIpc) is 2.98. The predicted octanol–water partition coefficient (Wildman–Crippen LogP) is 4.36. The largest absolute Gasteiger partial charge is 0.493 e. The molecule has 2 heterocycles. The number of halogens is 1. The number of thiophene rings is 1. The molecule has 1 aliphatic rings. The van der Waals surface area contributed by atoms with E-state index in [2.05, 4.69) is 45.6 Å². The van der Waals surface area contributed by atoms with Crippen LogP contribution >= 0.6 is 27.3 Å². The van der Waals surface area contributed by atoms with Gasteiger partial charge in [0.05, 0.1) is 11.4 Å². The van der Waals surface area contributed by atoms with Gasteiger partial charge in [-0.1, -0.05) is 40.2 Å². The molecule has 0 saturated heterocycles. The quantitative estimate of drug-likeness (QED) is 0.748. The first kappa shape index (κ1) is 10.4. The van der Waals surface area contributed by atoms with Crippen LogP contribution in [0.1, 0.15) is 21.2 Å². The number of benzene rings is 1. The van der Waals surface area contributed by atoms with E-state index in [9.17, 15) is 0 Å². The van der Waals surface area contributed by atoms with Gasteiger partial charge in [0.25, 0.3) is 0 Å². The molecule has 1 aromatic carbocycles. The van der Waals surface area contributed by atoms with Crippen molar-refractivity contribution < 1.29 is 4.74 Å². The molecule has 0 bridgehead atoms. The highest BCUT2D eigenvalue weighted by atomic mass is 79.9. The van der Waals surface area contributed by atoms with Crippen molar-refractivity contribution in [3.63, 3.8) is 0 Å². The highest BCUT2D eigenvalue weighted by Crippen LogP contribution is 2.46. The van der Waals surface area contributed by atoms with Crippen molar-refractivity contribution in [2.45, 2.75) is 10.7 Å². The van der Waals surface area contributed by atoms with E-state index in [1.54, 1.807) is 11.3 Å². The summed E-state index contributed by atoms with van der Waals surface area (Å²) in [6.45, 7) is 0.771. The maximum Gasteiger partial charge on any atom is 0.122 e. The Morgan fingerprint density at radius 1 is 1.25 bits per heavy atom. The summed E-state index contributed by atoms with van der Waals surface area (Å²) >= 11 is 5.58. The van der Waals surface area contributed by atoms with Gasteiger partial charge in [-0.2, -0.15) is 0 Å². The fraction of sp³-hybridized carbons (Fsp3) is 0.231. The lowest BCUT2D eigenvalue weighted by molar-refractivity contribution is 0.330. The zero-order valence-electron chi connectivity index (χ0n) is 8.60. The minimum atomic E-state index is 0.358. The molecule has 1 nitrogen and oxygen atoms in total. The molecule has 0 amide bonds. The van der Waals surface area contributed by atoms with Crippen LogP contribution in [0.2, 0.25) is 0 Å². The van der Waals surface area contributed by atoms with Gasteiger partial charge in [0.15, 0.2) is 0 Å². The van der Waals surface area contributed by atoms with E-state index in [4.69, 9.17) is 4.74 Å². The number of fused-ring (bicyclic) bond motifs is 1. The van der Waals surface area contributed by atoms with Crippen LogP contribution in [-0.2, 0) is 0 Å². The number of hydrogen-bond acceptors (Lipinski definition) is 2. The summed E-state index contributed by atoms with van der Waals surface area (Å²) in [7, 11) is 0. The third kappa shape index (κ3) is 1.68. The Morgan fingerprint density at radius 3 is 2.94 bits per heavy atom. The number of rotatable bonds is 2. The first-order chi connectivity index (χ1) is 7.86. The Kier molecular flexibility index (Phi) is 2.74. The van der Waals surface area contributed by atoms with Crippen molar-refractivity contribution in [2.24, 2.45) is 0 Å². The molecule has 82 valence electrons.